The molecule has 1 aromatic heterocycles. The lowest BCUT2D eigenvalue weighted by Crippen LogP contribution is -2.44. The predicted octanol–water partition coefficient (Wildman–Crippen LogP) is 2.24. The van der Waals surface area contributed by atoms with E-state index < -0.39 is 11.2 Å². The smallest absolute Gasteiger partial charge is 0.330 e. The lowest BCUT2D eigenvalue weighted by atomic mass is 10.1. The van der Waals surface area contributed by atoms with Crippen LogP contribution in [0.1, 0.15) is 33.3 Å². The van der Waals surface area contributed by atoms with Gasteiger partial charge in [-0.15, -0.1) is 0 Å². The molecule has 160 valence electrons. The highest BCUT2D eigenvalue weighted by Gasteiger charge is 2.29. The summed E-state index contributed by atoms with van der Waals surface area (Å²) in [6, 6.07) is 7.42. The van der Waals surface area contributed by atoms with Crippen molar-refractivity contribution in [2.24, 2.45) is 11.8 Å². The number of amides is 1. The molecule has 0 atom stereocenters. The molecule has 0 aliphatic carbocycles. The first kappa shape index (κ1) is 21.4. The molecule has 8 heteroatoms. The summed E-state index contributed by atoms with van der Waals surface area (Å²) in [7, 11) is 0. The van der Waals surface area contributed by atoms with Crippen LogP contribution in [0.3, 0.4) is 0 Å². The first-order chi connectivity index (χ1) is 14.2. The molecule has 1 aliphatic rings. The highest BCUT2D eigenvalue weighted by atomic mass is 16.5. The average molecular weight is 412 g/mol. The maximum Gasteiger partial charge on any atom is 0.330 e. The Balaban J connectivity index is 2.10. The zero-order valence-corrected chi connectivity index (χ0v) is 17.8. The number of nitrogens with two attached hydrogens (primary N) is 1. The molecular formula is C22H28N4O4. The SMILES string of the molecule is CC(C)CN(C(=O)C1=Cc2ccccc2OC1)c1c(N)n(CC(C)C)c(=O)[nH]c1=O. The van der Waals surface area contributed by atoms with Crippen LogP contribution >= 0.6 is 0 Å². The van der Waals surface area contributed by atoms with E-state index in [1.807, 2.05) is 52.0 Å². The van der Waals surface area contributed by atoms with Crippen LogP contribution in [0.25, 0.3) is 6.08 Å². The maximum atomic E-state index is 13.4. The van der Waals surface area contributed by atoms with Gasteiger partial charge >= 0.3 is 5.69 Å². The Bertz CT molecular complexity index is 1100. The number of nitrogen functional groups attached to an aromatic ring is 1. The van der Waals surface area contributed by atoms with Crippen molar-refractivity contribution in [3.63, 3.8) is 0 Å². The van der Waals surface area contributed by atoms with E-state index in [0.29, 0.717) is 17.9 Å². The van der Waals surface area contributed by atoms with Crippen LogP contribution in [0.5, 0.6) is 5.75 Å². The Morgan fingerprint density at radius 1 is 1.20 bits per heavy atom. The fraction of sp³-hybridized carbons (Fsp3) is 0.409. The van der Waals surface area contributed by atoms with Gasteiger partial charge in [-0.25, -0.2) is 4.79 Å². The number of aromatic amines is 1. The largest absolute Gasteiger partial charge is 0.488 e. The summed E-state index contributed by atoms with van der Waals surface area (Å²) < 4.78 is 7.02. The number of nitrogens with zero attached hydrogens (tertiary/aromatic N) is 2. The van der Waals surface area contributed by atoms with Crippen LogP contribution in [-0.2, 0) is 11.3 Å². The Kier molecular flexibility index (Phi) is 6.14. The number of hydrogen-bond acceptors (Lipinski definition) is 5. The number of nitrogens with one attached hydrogen (secondary N) is 1. The second kappa shape index (κ2) is 8.61. The van der Waals surface area contributed by atoms with Crippen molar-refractivity contribution in [1.29, 1.82) is 0 Å². The topological polar surface area (TPSA) is 110 Å². The number of para-hydroxylation sites is 1. The van der Waals surface area contributed by atoms with Crippen LogP contribution in [0.4, 0.5) is 11.5 Å². The minimum atomic E-state index is -0.677. The van der Waals surface area contributed by atoms with Gasteiger partial charge in [0.05, 0.1) is 5.57 Å². The van der Waals surface area contributed by atoms with Crippen LogP contribution in [0, 0.1) is 11.8 Å². The lowest BCUT2D eigenvalue weighted by molar-refractivity contribution is -0.115. The van der Waals surface area contributed by atoms with Gasteiger partial charge in [-0.2, -0.15) is 0 Å². The molecule has 3 N–H and O–H groups in total. The third-order valence-corrected chi connectivity index (χ3v) is 4.73. The fourth-order valence-corrected chi connectivity index (χ4v) is 3.44. The molecule has 1 aliphatic heterocycles. The standard InChI is InChI=1S/C22H28N4O4/c1-13(2)10-25(18-19(23)26(11-14(3)4)22(29)24-20(18)27)21(28)16-9-15-7-5-6-8-17(15)30-12-16/h5-9,13-14H,10-12,23H2,1-4H3,(H,24,27,29). The molecule has 1 aromatic carbocycles. The highest BCUT2D eigenvalue weighted by Crippen LogP contribution is 2.28. The molecule has 2 heterocycles. The van der Waals surface area contributed by atoms with E-state index in [2.05, 4.69) is 4.98 Å². The van der Waals surface area contributed by atoms with Gasteiger partial charge in [-0.05, 0) is 24.0 Å². The highest BCUT2D eigenvalue weighted by molar-refractivity contribution is 6.10. The summed E-state index contributed by atoms with van der Waals surface area (Å²) in [5, 5.41) is 0. The molecule has 0 spiro atoms. The summed E-state index contributed by atoms with van der Waals surface area (Å²) >= 11 is 0. The van der Waals surface area contributed by atoms with Gasteiger partial charge in [-0.1, -0.05) is 45.9 Å². The van der Waals surface area contributed by atoms with Crippen molar-refractivity contribution in [3.05, 3.63) is 56.2 Å². The Hall–Kier alpha value is -3.29. The molecule has 0 fully saturated rings. The minimum Gasteiger partial charge on any atom is -0.488 e. The van der Waals surface area contributed by atoms with E-state index in [9.17, 15) is 14.4 Å². The molecule has 1 amide bonds. The zero-order chi connectivity index (χ0) is 22.0. The number of anilines is 2. The summed E-state index contributed by atoms with van der Waals surface area (Å²) in [6.07, 6.45) is 1.77. The Morgan fingerprint density at radius 3 is 2.57 bits per heavy atom. The molecule has 3 rings (SSSR count). The molecule has 0 unspecified atom stereocenters. The zero-order valence-electron chi connectivity index (χ0n) is 17.8. The summed E-state index contributed by atoms with van der Waals surface area (Å²) in [4.78, 5) is 42.1. The van der Waals surface area contributed by atoms with Crippen molar-refractivity contribution in [2.75, 3.05) is 23.8 Å². The van der Waals surface area contributed by atoms with E-state index in [0.717, 1.165) is 5.56 Å². The van der Waals surface area contributed by atoms with Crippen LogP contribution in [0.15, 0.2) is 39.4 Å². The van der Waals surface area contributed by atoms with Crippen LogP contribution < -0.4 is 26.6 Å². The van der Waals surface area contributed by atoms with E-state index in [1.54, 1.807) is 6.08 Å². The number of fused-ring (bicyclic) bond motifs is 1. The fourth-order valence-electron chi connectivity index (χ4n) is 3.44. The number of carbonyl (C=O) groups excluding carboxylic acids is 1. The van der Waals surface area contributed by atoms with E-state index in [1.165, 1.54) is 9.47 Å². The third kappa shape index (κ3) is 4.32. The van der Waals surface area contributed by atoms with Gasteiger partial charge in [0.1, 0.15) is 18.2 Å². The van der Waals surface area contributed by atoms with Gasteiger partial charge < -0.3 is 15.4 Å². The molecule has 0 bridgehead atoms. The van der Waals surface area contributed by atoms with E-state index >= 15 is 0 Å². The van der Waals surface area contributed by atoms with Crippen molar-refractivity contribution in [1.82, 2.24) is 9.55 Å². The number of carbonyl (C=O) groups is 1. The number of rotatable bonds is 6. The Morgan fingerprint density at radius 2 is 1.90 bits per heavy atom. The Labute approximate surface area is 175 Å². The molecule has 8 nitrogen and oxygen atoms in total. The van der Waals surface area contributed by atoms with E-state index in [-0.39, 0.29) is 42.4 Å². The number of aromatic nitrogens is 2. The lowest BCUT2D eigenvalue weighted by Gasteiger charge is -2.28. The number of H-pyrrole nitrogens is 1. The summed E-state index contributed by atoms with van der Waals surface area (Å²) in [5.74, 6) is 0.515. The number of ether oxygens (including phenoxy) is 1. The monoisotopic (exact) mass is 412 g/mol. The average Bonchev–Trinajstić information content (AvgIpc) is 2.69. The van der Waals surface area contributed by atoms with Gasteiger partial charge in [0, 0.05) is 18.7 Å². The van der Waals surface area contributed by atoms with Crippen molar-refractivity contribution in [3.8, 4) is 5.75 Å². The third-order valence-electron chi connectivity index (χ3n) is 4.73. The molecule has 0 saturated carbocycles. The van der Waals surface area contributed by atoms with Crippen LogP contribution in [0.2, 0.25) is 0 Å². The molecule has 2 aromatic rings. The summed E-state index contributed by atoms with van der Waals surface area (Å²) in [5.41, 5.74) is 6.19. The first-order valence-electron chi connectivity index (χ1n) is 10.1. The second-order valence-corrected chi connectivity index (χ2v) is 8.30. The van der Waals surface area contributed by atoms with Gasteiger partial charge in [0.25, 0.3) is 11.5 Å². The molecule has 30 heavy (non-hydrogen) atoms. The number of hydrogen-bond donors (Lipinski definition) is 2. The predicted molar refractivity (Wildman–Crippen MR) is 118 cm³/mol. The quantitative estimate of drug-likeness (QED) is 0.756. The van der Waals surface area contributed by atoms with Crippen molar-refractivity contribution >= 4 is 23.5 Å². The number of benzene rings is 1. The van der Waals surface area contributed by atoms with Crippen LogP contribution in [-0.4, -0.2) is 28.6 Å². The minimum absolute atomic E-state index is 0.00583. The summed E-state index contributed by atoms with van der Waals surface area (Å²) in [6.45, 7) is 8.45. The molecule has 0 radical (unpaired) electrons. The maximum absolute atomic E-state index is 13.4. The molecule has 0 saturated heterocycles. The van der Waals surface area contributed by atoms with Crippen molar-refractivity contribution < 1.29 is 9.53 Å². The normalized spacial score (nSPS) is 13.1. The van der Waals surface area contributed by atoms with Gasteiger partial charge in [0.2, 0.25) is 0 Å². The second-order valence-electron chi connectivity index (χ2n) is 8.30. The molecular weight excluding hydrogens is 384 g/mol. The van der Waals surface area contributed by atoms with Gasteiger partial charge in [0.15, 0.2) is 5.69 Å². The van der Waals surface area contributed by atoms with Gasteiger partial charge in [-0.3, -0.25) is 19.1 Å². The first-order valence-corrected chi connectivity index (χ1v) is 10.1. The van der Waals surface area contributed by atoms with Crippen molar-refractivity contribution in [2.45, 2.75) is 34.2 Å². The van der Waals surface area contributed by atoms with E-state index in [4.69, 9.17) is 10.5 Å².